The van der Waals surface area contributed by atoms with E-state index in [2.05, 4.69) is 19.0 Å². The lowest BCUT2D eigenvalue weighted by Gasteiger charge is -2.37. The van der Waals surface area contributed by atoms with E-state index >= 15 is 0 Å². The summed E-state index contributed by atoms with van der Waals surface area (Å²) in [7, 11) is -2.56. The average Bonchev–Trinajstić information content (AvgIpc) is 3.23. The summed E-state index contributed by atoms with van der Waals surface area (Å²) in [5, 5.41) is 3.88. The van der Waals surface area contributed by atoms with Gasteiger partial charge in [0, 0.05) is 5.41 Å². The molecule has 1 amide bonds. The van der Waals surface area contributed by atoms with Crippen molar-refractivity contribution < 1.29 is 27.6 Å². The quantitative estimate of drug-likeness (QED) is 0.351. The number of carbonyl (C=O) groups is 2. The Balaban J connectivity index is 1.55. The Morgan fingerprint density at radius 2 is 2.00 bits per heavy atom. The van der Waals surface area contributed by atoms with Crippen LogP contribution in [0.1, 0.15) is 45.1 Å². The standard InChI is InChI=1S/C23H30N2O6S/c1-22(2)18-9-10-23(22)15-32(28,29)25(19(23)12-18)21(27)17(11-20(26)30-3)13-24-31-14-16-7-5-4-6-8-16/h4-8,13,17-19H,9-12,14-15H2,1-3H3/b24-13-/t17-,18-,19-,23-/m1/s1. The summed E-state index contributed by atoms with van der Waals surface area (Å²) in [5.41, 5.74) is 0.321. The van der Waals surface area contributed by atoms with Crippen molar-refractivity contribution >= 4 is 28.1 Å². The molecule has 3 fully saturated rings. The predicted molar refractivity (Wildman–Crippen MR) is 118 cm³/mol. The smallest absolute Gasteiger partial charge is 0.306 e. The third-order valence-corrected chi connectivity index (χ3v) is 9.86. The maximum absolute atomic E-state index is 13.5. The Labute approximate surface area is 189 Å². The van der Waals surface area contributed by atoms with Crippen molar-refractivity contribution in [2.75, 3.05) is 12.9 Å². The normalized spacial score (nSPS) is 30.3. The van der Waals surface area contributed by atoms with Crippen LogP contribution in [0.25, 0.3) is 0 Å². The van der Waals surface area contributed by atoms with Crippen molar-refractivity contribution in [1.29, 1.82) is 0 Å². The van der Waals surface area contributed by atoms with Gasteiger partial charge in [0.25, 0.3) is 0 Å². The molecule has 174 valence electrons. The van der Waals surface area contributed by atoms with Crippen LogP contribution in [0.3, 0.4) is 0 Å². The minimum atomic E-state index is -3.79. The van der Waals surface area contributed by atoms with Gasteiger partial charge in [-0.2, -0.15) is 0 Å². The molecule has 2 aliphatic carbocycles. The van der Waals surface area contributed by atoms with Crippen molar-refractivity contribution in [2.24, 2.45) is 27.8 Å². The van der Waals surface area contributed by atoms with E-state index in [1.807, 2.05) is 30.3 Å². The minimum absolute atomic E-state index is 0.0213. The number of benzene rings is 1. The topological polar surface area (TPSA) is 102 Å². The van der Waals surface area contributed by atoms with Crippen molar-refractivity contribution in [1.82, 2.24) is 4.31 Å². The lowest BCUT2D eigenvalue weighted by Crippen LogP contribution is -2.47. The van der Waals surface area contributed by atoms with E-state index < -0.39 is 33.2 Å². The number of hydrogen-bond donors (Lipinski definition) is 0. The lowest BCUT2D eigenvalue weighted by molar-refractivity contribution is -0.144. The van der Waals surface area contributed by atoms with Crippen LogP contribution in [0.15, 0.2) is 35.5 Å². The molecule has 1 saturated heterocycles. The molecule has 9 heteroatoms. The number of oxime groups is 1. The number of carbonyl (C=O) groups excluding carboxylic acids is 2. The Bertz CT molecular complexity index is 1020. The second-order valence-electron chi connectivity index (χ2n) is 9.66. The molecule has 0 radical (unpaired) electrons. The summed E-state index contributed by atoms with van der Waals surface area (Å²) in [6.45, 7) is 4.44. The monoisotopic (exact) mass is 462 g/mol. The first-order chi connectivity index (χ1) is 15.1. The molecule has 1 heterocycles. The molecule has 32 heavy (non-hydrogen) atoms. The number of sulfonamides is 1. The predicted octanol–water partition coefficient (Wildman–Crippen LogP) is 2.74. The fourth-order valence-electron chi connectivity index (χ4n) is 6.01. The molecule has 8 nitrogen and oxygen atoms in total. The van der Waals surface area contributed by atoms with Crippen LogP contribution in [0.5, 0.6) is 0 Å². The maximum Gasteiger partial charge on any atom is 0.306 e. The summed E-state index contributed by atoms with van der Waals surface area (Å²) >= 11 is 0. The van der Waals surface area contributed by atoms with Gasteiger partial charge in [0.1, 0.15) is 6.61 Å². The minimum Gasteiger partial charge on any atom is -0.469 e. The molecule has 0 unspecified atom stereocenters. The number of amides is 1. The van der Waals surface area contributed by atoms with E-state index in [0.29, 0.717) is 12.3 Å². The number of nitrogens with zero attached hydrogens (tertiary/aromatic N) is 2. The summed E-state index contributed by atoms with van der Waals surface area (Å²) in [5.74, 6) is -1.96. The van der Waals surface area contributed by atoms with Crippen molar-refractivity contribution in [2.45, 2.75) is 52.2 Å². The van der Waals surface area contributed by atoms with E-state index in [4.69, 9.17) is 9.57 Å². The van der Waals surface area contributed by atoms with Crippen LogP contribution in [-0.4, -0.2) is 49.7 Å². The summed E-state index contributed by atoms with van der Waals surface area (Å²) in [6.07, 6.45) is 3.38. The van der Waals surface area contributed by atoms with E-state index in [1.54, 1.807) is 0 Å². The van der Waals surface area contributed by atoms with Crippen LogP contribution in [0.2, 0.25) is 0 Å². The highest BCUT2D eigenvalue weighted by molar-refractivity contribution is 7.90. The van der Waals surface area contributed by atoms with Gasteiger partial charge in [-0.1, -0.05) is 49.3 Å². The van der Waals surface area contributed by atoms with Gasteiger partial charge in [0.15, 0.2) is 0 Å². The molecule has 1 aliphatic heterocycles. The first-order valence-corrected chi connectivity index (χ1v) is 12.6. The first kappa shape index (κ1) is 22.8. The Kier molecular flexibility index (Phi) is 5.81. The van der Waals surface area contributed by atoms with Gasteiger partial charge >= 0.3 is 5.97 Å². The molecular weight excluding hydrogens is 432 g/mol. The molecule has 1 aromatic carbocycles. The largest absolute Gasteiger partial charge is 0.469 e. The number of methoxy groups -OCH3 is 1. The van der Waals surface area contributed by atoms with E-state index in [0.717, 1.165) is 22.7 Å². The highest BCUT2D eigenvalue weighted by Gasteiger charge is 2.72. The zero-order chi connectivity index (χ0) is 23.1. The Morgan fingerprint density at radius 3 is 2.66 bits per heavy atom. The number of ether oxygens (including phenoxy) is 1. The van der Waals surface area contributed by atoms with Gasteiger partial charge in [-0.3, -0.25) is 9.59 Å². The number of fused-ring (bicyclic) bond motifs is 1. The van der Waals surface area contributed by atoms with E-state index in [1.165, 1.54) is 13.3 Å². The van der Waals surface area contributed by atoms with Crippen molar-refractivity contribution in [3.8, 4) is 0 Å². The van der Waals surface area contributed by atoms with Crippen LogP contribution < -0.4 is 0 Å². The van der Waals surface area contributed by atoms with E-state index in [-0.39, 0.29) is 30.2 Å². The van der Waals surface area contributed by atoms with Crippen LogP contribution in [0, 0.1) is 22.7 Å². The molecular formula is C23H30N2O6S. The van der Waals surface area contributed by atoms with Gasteiger partial charge in [0.05, 0.1) is 37.5 Å². The Hall–Kier alpha value is -2.42. The second-order valence-corrected chi connectivity index (χ2v) is 11.5. The van der Waals surface area contributed by atoms with Crippen LogP contribution >= 0.6 is 0 Å². The van der Waals surface area contributed by atoms with Crippen LogP contribution in [-0.2, 0) is 35.8 Å². The summed E-state index contributed by atoms with van der Waals surface area (Å²) in [6, 6.07) is 9.01. The number of rotatable bonds is 7. The fourth-order valence-corrected chi connectivity index (χ4v) is 8.60. The molecule has 1 aromatic rings. The van der Waals surface area contributed by atoms with Gasteiger partial charge < -0.3 is 9.57 Å². The van der Waals surface area contributed by atoms with E-state index in [9.17, 15) is 18.0 Å². The second kappa shape index (κ2) is 8.17. The molecule has 3 aliphatic rings. The van der Waals surface area contributed by atoms with Crippen LogP contribution in [0.4, 0.5) is 0 Å². The SMILES string of the molecule is COC(=O)C[C@H](/C=N\OCc1ccccc1)C(=O)N1[C@@H]2C[C@H]3CC[C@]2(CS1(=O)=O)C3(C)C. The third kappa shape index (κ3) is 3.60. The molecule has 4 rings (SSSR count). The highest BCUT2D eigenvalue weighted by atomic mass is 32.2. The molecule has 0 N–H and O–H groups in total. The molecule has 2 bridgehead atoms. The molecule has 0 aromatic heterocycles. The van der Waals surface area contributed by atoms with Gasteiger partial charge in [-0.05, 0) is 36.2 Å². The molecule has 2 saturated carbocycles. The Morgan fingerprint density at radius 1 is 1.28 bits per heavy atom. The molecule has 1 spiro atoms. The van der Waals surface area contributed by atoms with Gasteiger partial charge in [-0.15, -0.1) is 0 Å². The summed E-state index contributed by atoms with van der Waals surface area (Å²) in [4.78, 5) is 30.8. The zero-order valence-electron chi connectivity index (χ0n) is 18.7. The first-order valence-electron chi connectivity index (χ1n) is 10.9. The van der Waals surface area contributed by atoms with Crippen molar-refractivity contribution in [3.05, 3.63) is 35.9 Å². The lowest BCUT2D eigenvalue weighted by atomic mass is 9.69. The summed E-state index contributed by atoms with van der Waals surface area (Å²) < 4.78 is 32.1. The van der Waals surface area contributed by atoms with Gasteiger partial charge in [0.2, 0.25) is 15.9 Å². The zero-order valence-corrected chi connectivity index (χ0v) is 19.5. The molecule has 4 atom stereocenters. The van der Waals surface area contributed by atoms with Crippen molar-refractivity contribution in [3.63, 3.8) is 0 Å². The third-order valence-electron chi connectivity index (χ3n) is 7.95. The average molecular weight is 463 g/mol. The number of esters is 1. The highest BCUT2D eigenvalue weighted by Crippen LogP contribution is 2.70. The number of hydrogen-bond acceptors (Lipinski definition) is 7. The van der Waals surface area contributed by atoms with Gasteiger partial charge in [-0.25, -0.2) is 12.7 Å². The fraction of sp³-hybridized carbons (Fsp3) is 0.609. The maximum atomic E-state index is 13.5.